The molecule has 7 heteroatoms. The number of carbonyl (C=O) groups is 2. The number of hydrogen-bond acceptors (Lipinski definition) is 3. The van der Waals surface area contributed by atoms with Crippen molar-refractivity contribution >= 4 is 28.6 Å². The van der Waals surface area contributed by atoms with Gasteiger partial charge in [0.15, 0.2) is 5.82 Å². The van der Waals surface area contributed by atoms with Gasteiger partial charge in [-0.3, -0.25) is 9.89 Å². The highest BCUT2D eigenvalue weighted by Crippen LogP contribution is 2.22. The molecule has 0 saturated heterocycles. The number of hydrogen-bond donors (Lipinski definition) is 3. The summed E-state index contributed by atoms with van der Waals surface area (Å²) in [6, 6.07) is 9.49. The number of aromatic nitrogens is 2. The molecule has 0 aliphatic rings. The lowest BCUT2D eigenvalue weighted by atomic mass is 10.1. The van der Waals surface area contributed by atoms with Crippen LogP contribution in [0.4, 0.5) is 10.2 Å². The molecule has 0 radical (unpaired) electrons. The van der Waals surface area contributed by atoms with E-state index in [1.165, 1.54) is 36.4 Å². The van der Waals surface area contributed by atoms with E-state index in [2.05, 4.69) is 15.5 Å². The Morgan fingerprint density at radius 3 is 2.45 bits per heavy atom. The number of aromatic carboxylic acids is 1. The molecular formula is C15H10FN3O3. The number of benzene rings is 2. The maximum absolute atomic E-state index is 12.9. The van der Waals surface area contributed by atoms with Crippen LogP contribution in [0.1, 0.15) is 20.7 Å². The summed E-state index contributed by atoms with van der Waals surface area (Å²) in [5.74, 6) is -1.76. The van der Waals surface area contributed by atoms with E-state index in [-0.39, 0.29) is 16.9 Å². The number of carboxylic acids is 1. The lowest BCUT2D eigenvalue weighted by molar-refractivity contribution is 0.0697. The molecule has 0 saturated carbocycles. The SMILES string of the molecule is O=C(O)c1ccc2[nH]nc(NC(=O)c3ccc(F)cc3)c2c1. The van der Waals surface area contributed by atoms with Gasteiger partial charge < -0.3 is 10.4 Å². The second kappa shape index (κ2) is 5.28. The summed E-state index contributed by atoms with van der Waals surface area (Å²) in [4.78, 5) is 23.1. The highest BCUT2D eigenvalue weighted by molar-refractivity contribution is 6.08. The van der Waals surface area contributed by atoms with Gasteiger partial charge in [0.05, 0.1) is 11.1 Å². The molecule has 0 atom stereocenters. The van der Waals surface area contributed by atoms with Gasteiger partial charge in [-0.1, -0.05) is 0 Å². The zero-order chi connectivity index (χ0) is 15.7. The van der Waals surface area contributed by atoms with E-state index in [0.29, 0.717) is 10.9 Å². The standard InChI is InChI=1S/C15H10FN3O3/c16-10-4-1-8(2-5-10)14(20)17-13-11-7-9(15(21)22)3-6-12(11)18-19-13/h1-7H,(H,21,22)(H2,17,18,19,20). The second-order valence-corrected chi connectivity index (χ2v) is 4.60. The summed E-state index contributed by atoms with van der Waals surface area (Å²) < 4.78 is 12.9. The highest BCUT2D eigenvalue weighted by atomic mass is 19.1. The Balaban J connectivity index is 1.93. The second-order valence-electron chi connectivity index (χ2n) is 4.60. The molecule has 3 N–H and O–H groups in total. The number of fused-ring (bicyclic) bond motifs is 1. The van der Waals surface area contributed by atoms with Gasteiger partial charge in [-0.15, -0.1) is 0 Å². The normalized spacial score (nSPS) is 10.6. The van der Waals surface area contributed by atoms with Crippen molar-refractivity contribution < 1.29 is 19.1 Å². The summed E-state index contributed by atoms with van der Waals surface area (Å²) >= 11 is 0. The molecule has 0 unspecified atom stereocenters. The van der Waals surface area contributed by atoms with Crippen molar-refractivity contribution in [2.24, 2.45) is 0 Å². The molecule has 1 aromatic heterocycles. The molecule has 0 bridgehead atoms. The third-order valence-corrected chi connectivity index (χ3v) is 3.15. The first-order valence-corrected chi connectivity index (χ1v) is 6.33. The minimum absolute atomic E-state index is 0.0891. The molecule has 0 aliphatic carbocycles. The maximum atomic E-state index is 12.9. The fourth-order valence-electron chi connectivity index (χ4n) is 2.02. The first-order chi connectivity index (χ1) is 10.5. The van der Waals surface area contributed by atoms with Crippen LogP contribution in [-0.4, -0.2) is 27.2 Å². The van der Waals surface area contributed by atoms with Crippen LogP contribution in [0.25, 0.3) is 10.9 Å². The Kier molecular flexibility index (Phi) is 3.30. The smallest absolute Gasteiger partial charge is 0.335 e. The summed E-state index contributed by atoms with van der Waals surface area (Å²) in [6.07, 6.45) is 0. The van der Waals surface area contributed by atoms with E-state index in [1.807, 2.05) is 0 Å². The number of amides is 1. The molecule has 6 nitrogen and oxygen atoms in total. The molecule has 1 amide bonds. The largest absolute Gasteiger partial charge is 0.478 e. The third kappa shape index (κ3) is 2.51. The van der Waals surface area contributed by atoms with E-state index in [0.717, 1.165) is 0 Å². The van der Waals surface area contributed by atoms with E-state index in [1.54, 1.807) is 6.07 Å². The Morgan fingerprint density at radius 1 is 1.09 bits per heavy atom. The topological polar surface area (TPSA) is 95.1 Å². The van der Waals surface area contributed by atoms with Crippen molar-refractivity contribution in [3.8, 4) is 0 Å². The molecule has 2 aromatic carbocycles. The van der Waals surface area contributed by atoms with Gasteiger partial charge in [0.2, 0.25) is 0 Å². The number of aromatic amines is 1. The van der Waals surface area contributed by atoms with Crippen molar-refractivity contribution in [1.82, 2.24) is 10.2 Å². The van der Waals surface area contributed by atoms with Gasteiger partial charge in [0.1, 0.15) is 5.82 Å². The number of nitrogens with one attached hydrogen (secondary N) is 2. The van der Waals surface area contributed by atoms with Crippen LogP contribution in [0.2, 0.25) is 0 Å². The summed E-state index contributed by atoms with van der Waals surface area (Å²) in [5, 5.41) is 18.7. The van der Waals surface area contributed by atoms with Crippen LogP contribution in [0.15, 0.2) is 42.5 Å². The van der Waals surface area contributed by atoms with Crippen molar-refractivity contribution in [3.05, 3.63) is 59.4 Å². The van der Waals surface area contributed by atoms with Gasteiger partial charge in [-0.05, 0) is 42.5 Å². The van der Waals surface area contributed by atoms with E-state index >= 15 is 0 Å². The van der Waals surface area contributed by atoms with Gasteiger partial charge in [-0.2, -0.15) is 5.10 Å². The Hall–Kier alpha value is -3.22. The first kappa shape index (κ1) is 13.7. The van der Waals surface area contributed by atoms with Crippen LogP contribution < -0.4 is 5.32 Å². The van der Waals surface area contributed by atoms with Gasteiger partial charge in [-0.25, -0.2) is 9.18 Å². The monoisotopic (exact) mass is 299 g/mol. The number of rotatable bonds is 3. The number of halogens is 1. The van der Waals surface area contributed by atoms with Crippen LogP contribution in [0, 0.1) is 5.82 Å². The molecule has 0 aliphatic heterocycles. The Morgan fingerprint density at radius 2 is 1.77 bits per heavy atom. The van der Waals surface area contributed by atoms with Crippen LogP contribution in [0.3, 0.4) is 0 Å². The molecule has 3 aromatic rings. The van der Waals surface area contributed by atoms with Crippen molar-refractivity contribution in [3.63, 3.8) is 0 Å². The average molecular weight is 299 g/mol. The maximum Gasteiger partial charge on any atom is 0.335 e. The lowest BCUT2D eigenvalue weighted by Crippen LogP contribution is -2.12. The van der Waals surface area contributed by atoms with Gasteiger partial charge >= 0.3 is 5.97 Å². The van der Waals surface area contributed by atoms with Crippen molar-refractivity contribution in [2.45, 2.75) is 0 Å². The number of carboxylic acid groups (broad SMARTS) is 1. The van der Waals surface area contributed by atoms with E-state index in [9.17, 15) is 14.0 Å². The lowest BCUT2D eigenvalue weighted by Gasteiger charge is -2.03. The van der Waals surface area contributed by atoms with Crippen LogP contribution in [0.5, 0.6) is 0 Å². The Bertz CT molecular complexity index is 871. The molecular weight excluding hydrogens is 289 g/mol. The Labute approximate surface area is 123 Å². The molecule has 22 heavy (non-hydrogen) atoms. The molecule has 3 rings (SSSR count). The highest BCUT2D eigenvalue weighted by Gasteiger charge is 2.13. The molecule has 110 valence electrons. The van der Waals surface area contributed by atoms with E-state index in [4.69, 9.17) is 5.11 Å². The molecule has 0 fully saturated rings. The first-order valence-electron chi connectivity index (χ1n) is 6.33. The molecule has 0 spiro atoms. The minimum Gasteiger partial charge on any atom is -0.478 e. The number of H-pyrrole nitrogens is 1. The zero-order valence-electron chi connectivity index (χ0n) is 11.1. The van der Waals surface area contributed by atoms with Crippen molar-refractivity contribution in [1.29, 1.82) is 0 Å². The average Bonchev–Trinajstić information content (AvgIpc) is 2.90. The predicted octanol–water partition coefficient (Wildman–Crippen LogP) is 2.65. The third-order valence-electron chi connectivity index (χ3n) is 3.15. The quantitative estimate of drug-likeness (QED) is 0.693. The predicted molar refractivity (Wildman–Crippen MR) is 77.4 cm³/mol. The van der Waals surface area contributed by atoms with Gasteiger partial charge in [0.25, 0.3) is 5.91 Å². The summed E-state index contributed by atoms with van der Waals surface area (Å²) in [6.45, 7) is 0. The zero-order valence-corrected chi connectivity index (χ0v) is 11.1. The number of anilines is 1. The van der Waals surface area contributed by atoms with Gasteiger partial charge in [0, 0.05) is 10.9 Å². The van der Waals surface area contributed by atoms with E-state index < -0.39 is 17.7 Å². The summed E-state index contributed by atoms with van der Waals surface area (Å²) in [5.41, 5.74) is 0.956. The number of carbonyl (C=O) groups excluding carboxylic acids is 1. The van der Waals surface area contributed by atoms with Crippen LogP contribution in [-0.2, 0) is 0 Å². The number of nitrogens with zero attached hydrogens (tertiary/aromatic N) is 1. The van der Waals surface area contributed by atoms with Crippen LogP contribution >= 0.6 is 0 Å². The summed E-state index contributed by atoms with van der Waals surface area (Å²) in [7, 11) is 0. The minimum atomic E-state index is -1.07. The van der Waals surface area contributed by atoms with Crippen molar-refractivity contribution in [2.75, 3.05) is 5.32 Å². The fourth-order valence-corrected chi connectivity index (χ4v) is 2.02. The molecule has 1 heterocycles. The fraction of sp³-hybridized carbons (Fsp3) is 0.